The van der Waals surface area contributed by atoms with Crippen LogP contribution in [0, 0.1) is 5.92 Å². The fraction of sp³-hybridized carbons (Fsp3) is 0.522. The number of piperidine rings is 1. The smallest absolute Gasteiger partial charge is 0.417 e. The van der Waals surface area contributed by atoms with Crippen LogP contribution in [0.2, 0.25) is 0 Å². The molecule has 1 aromatic heterocycles. The Kier molecular flexibility index (Phi) is 6.13. The number of anilines is 1. The van der Waals surface area contributed by atoms with Gasteiger partial charge < -0.3 is 14.4 Å². The standard InChI is InChI=1S/C23H24F6N2O2/c1-2-9-32-19-10-16(22(24,25)26)3-5-18(19)33-21-8-7-15(11-21)13-31(14-21)20-6-4-17(12-30-20)23(27,28)29/h3-6,10,12,15H,2,7-9,11,13-14H2,1H3. The summed E-state index contributed by atoms with van der Waals surface area (Å²) in [6.07, 6.45) is -5.30. The van der Waals surface area contributed by atoms with Crippen LogP contribution in [0.4, 0.5) is 32.2 Å². The molecular formula is C23H24F6N2O2. The lowest BCUT2D eigenvalue weighted by Gasteiger charge is -2.41. The molecule has 0 amide bonds. The average Bonchev–Trinajstić information content (AvgIpc) is 3.05. The van der Waals surface area contributed by atoms with Crippen LogP contribution in [-0.4, -0.2) is 30.3 Å². The van der Waals surface area contributed by atoms with Gasteiger partial charge in [0, 0.05) is 12.7 Å². The zero-order valence-electron chi connectivity index (χ0n) is 18.0. The first-order valence-electron chi connectivity index (χ1n) is 10.8. The highest BCUT2D eigenvalue weighted by Crippen LogP contribution is 2.46. The molecule has 10 heteroatoms. The van der Waals surface area contributed by atoms with Crippen molar-refractivity contribution in [3.63, 3.8) is 0 Å². The van der Waals surface area contributed by atoms with Gasteiger partial charge in [-0.1, -0.05) is 6.92 Å². The molecule has 4 rings (SSSR count). The highest BCUT2D eigenvalue weighted by molar-refractivity contribution is 5.46. The van der Waals surface area contributed by atoms with Gasteiger partial charge in [-0.2, -0.15) is 26.3 Å². The third kappa shape index (κ3) is 5.14. The van der Waals surface area contributed by atoms with Gasteiger partial charge in [0.25, 0.3) is 0 Å². The maximum absolute atomic E-state index is 13.2. The van der Waals surface area contributed by atoms with Crippen molar-refractivity contribution < 1.29 is 35.8 Å². The SMILES string of the molecule is CCCOc1cc(C(F)(F)F)ccc1OC12CCC(CN(c3ccc(C(F)(F)F)cn3)C1)C2. The van der Waals surface area contributed by atoms with Gasteiger partial charge in [-0.25, -0.2) is 4.98 Å². The minimum atomic E-state index is -4.50. The predicted octanol–water partition coefficient (Wildman–Crippen LogP) is 6.35. The first-order chi connectivity index (χ1) is 15.5. The summed E-state index contributed by atoms with van der Waals surface area (Å²) in [7, 11) is 0. The van der Waals surface area contributed by atoms with Gasteiger partial charge in [0.1, 0.15) is 11.4 Å². The zero-order valence-corrected chi connectivity index (χ0v) is 18.0. The topological polar surface area (TPSA) is 34.6 Å². The molecule has 1 aliphatic heterocycles. The second kappa shape index (κ2) is 8.61. The van der Waals surface area contributed by atoms with Gasteiger partial charge in [-0.15, -0.1) is 0 Å². The quantitative estimate of drug-likeness (QED) is 0.458. The molecule has 1 aliphatic carbocycles. The molecule has 2 fully saturated rings. The summed E-state index contributed by atoms with van der Waals surface area (Å²) in [6.45, 7) is 3.10. The van der Waals surface area contributed by atoms with Gasteiger partial charge in [0.05, 0.1) is 24.3 Å². The Labute approximate surface area is 187 Å². The zero-order chi connectivity index (χ0) is 23.9. The number of benzene rings is 1. The fourth-order valence-corrected chi connectivity index (χ4v) is 4.59. The van der Waals surface area contributed by atoms with Crippen LogP contribution in [-0.2, 0) is 12.4 Å². The second-order valence-corrected chi connectivity index (χ2v) is 8.68. The van der Waals surface area contributed by atoms with Crippen LogP contribution in [0.1, 0.15) is 43.7 Å². The molecule has 1 saturated carbocycles. The van der Waals surface area contributed by atoms with Gasteiger partial charge in [0.15, 0.2) is 11.5 Å². The maximum Gasteiger partial charge on any atom is 0.417 e. The lowest BCUT2D eigenvalue weighted by Crippen LogP contribution is -2.51. The van der Waals surface area contributed by atoms with E-state index in [9.17, 15) is 26.3 Å². The van der Waals surface area contributed by atoms with Crippen molar-refractivity contribution in [2.45, 2.75) is 50.6 Å². The lowest BCUT2D eigenvalue weighted by atomic mass is 9.94. The minimum absolute atomic E-state index is 0.0364. The molecule has 2 bridgehead atoms. The predicted molar refractivity (Wildman–Crippen MR) is 109 cm³/mol. The monoisotopic (exact) mass is 474 g/mol. The molecular weight excluding hydrogens is 450 g/mol. The van der Waals surface area contributed by atoms with Gasteiger partial charge in [-0.3, -0.25) is 0 Å². The molecule has 1 saturated heterocycles. The molecule has 180 valence electrons. The Bertz CT molecular complexity index is 976. The van der Waals surface area contributed by atoms with Crippen LogP contribution in [0.5, 0.6) is 11.5 Å². The molecule has 2 aliphatic rings. The minimum Gasteiger partial charge on any atom is -0.490 e. The number of ether oxygens (including phenoxy) is 2. The molecule has 2 unspecified atom stereocenters. The number of halogens is 6. The van der Waals surface area contributed by atoms with E-state index < -0.39 is 29.1 Å². The van der Waals surface area contributed by atoms with Gasteiger partial charge >= 0.3 is 12.4 Å². The van der Waals surface area contributed by atoms with Crippen LogP contribution < -0.4 is 14.4 Å². The third-order valence-electron chi connectivity index (χ3n) is 6.08. The number of rotatable bonds is 6. The number of aromatic nitrogens is 1. The largest absolute Gasteiger partial charge is 0.490 e. The molecule has 1 aromatic carbocycles. The van der Waals surface area contributed by atoms with Crippen LogP contribution in [0.15, 0.2) is 36.5 Å². The molecule has 2 heterocycles. The molecule has 0 spiro atoms. The van der Waals surface area contributed by atoms with Crippen molar-refractivity contribution >= 4 is 5.82 Å². The van der Waals surface area contributed by atoms with E-state index in [0.29, 0.717) is 38.2 Å². The summed E-state index contributed by atoms with van der Waals surface area (Å²) in [5.41, 5.74) is -2.32. The van der Waals surface area contributed by atoms with E-state index in [4.69, 9.17) is 9.47 Å². The summed E-state index contributed by atoms with van der Waals surface area (Å²) in [5, 5.41) is 0. The number of hydrogen-bond donors (Lipinski definition) is 0. The van der Waals surface area contributed by atoms with E-state index in [1.807, 2.05) is 11.8 Å². The van der Waals surface area contributed by atoms with E-state index in [-0.39, 0.29) is 24.0 Å². The highest BCUT2D eigenvalue weighted by Gasteiger charge is 2.48. The first-order valence-corrected chi connectivity index (χ1v) is 10.8. The molecule has 2 aromatic rings. The second-order valence-electron chi connectivity index (χ2n) is 8.68. The summed E-state index contributed by atoms with van der Waals surface area (Å²) in [4.78, 5) is 5.89. The molecule has 0 radical (unpaired) electrons. The number of fused-ring (bicyclic) bond motifs is 2. The van der Waals surface area contributed by atoms with Crippen LogP contribution >= 0.6 is 0 Å². The van der Waals surface area contributed by atoms with Crippen LogP contribution in [0.3, 0.4) is 0 Å². The first kappa shape index (κ1) is 23.5. The molecule has 2 atom stereocenters. The normalized spacial score (nSPS) is 23.0. The molecule has 4 nitrogen and oxygen atoms in total. The Morgan fingerprint density at radius 2 is 1.76 bits per heavy atom. The maximum atomic E-state index is 13.2. The number of alkyl halides is 6. The summed E-state index contributed by atoms with van der Waals surface area (Å²) < 4.78 is 90.1. The van der Waals surface area contributed by atoms with Crippen molar-refractivity contribution in [2.24, 2.45) is 5.92 Å². The Balaban J connectivity index is 1.57. The number of pyridine rings is 1. The van der Waals surface area contributed by atoms with Crippen molar-refractivity contribution in [1.82, 2.24) is 4.98 Å². The van der Waals surface area contributed by atoms with Gasteiger partial charge in [-0.05, 0) is 61.9 Å². The Morgan fingerprint density at radius 1 is 1.03 bits per heavy atom. The van der Waals surface area contributed by atoms with E-state index in [1.54, 1.807) is 0 Å². The van der Waals surface area contributed by atoms with Crippen LogP contribution in [0.25, 0.3) is 0 Å². The third-order valence-corrected chi connectivity index (χ3v) is 6.08. The number of nitrogens with zero attached hydrogens (tertiary/aromatic N) is 2. The molecule has 33 heavy (non-hydrogen) atoms. The fourth-order valence-electron chi connectivity index (χ4n) is 4.59. The summed E-state index contributed by atoms with van der Waals surface area (Å²) in [5.74, 6) is 0.934. The average molecular weight is 474 g/mol. The highest BCUT2D eigenvalue weighted by atomic mass is 19.4. The van der Waals surface area contributed by atoms with E-state index in [2.05, 4.69) is 4.98 Å². The molecule has 0 N–H and O–H groups in total. The Hall–Kier alpha value is -2.65. The summed E-state index contributed by atoms with van der Waals surface area (Å²) >= 11 is 0. The van der Waals surface area contributed by atoms with E-state index in [1.165, 1.54) is 12.1 Å². The van der Waals surface area contributed by atoms with E-state index in [0.717, 1.165) is 30.8 Å². The van der Waals surface area contributed by atoms with Crippen molar-refractivity contribution in [3.05, 3.63) is 47.7 Å². The van der Waals surface area contributed by atoms with Crippen molar-refractivity contribution in [3.8, 4) is 11.5 Å². The van der Waals surface area contributed by atoms with E-state index >= 15 is 0 Å². The lowest BCUT2D eigenvalue weighted by molar-refractivity contribution is -0.138. The van der Waals surface area contributed by atoms with Crippen molar-refractivity contribution in [2.75, 3.05) is 24.6 Å². The summed E-state index contributed by atoms with van der Waals surface area (Å²) in [6, 6.07) is 5.54. The Morgan fingerprint density at radius 3 is 2.39 bits per heavy atom. The van der Waals surface area contributed by atoms with Gasteiger partial charge in [0.2, 0.25) is 0 Å². The van der Waals surface area contributed by atoms with Crippen molar-refractivity contribution in [1.29, 1.82) is 0 Å². The number of hydrogen-bond acceptors (Lipinski definition) is 4.